The van der Waals surface area contributed by atoms with E-state index in [-0.39, 0.29) is 159 Å². The van der Waals surface area contributed by atoms with E-state index in [1.807, 2.05) is 0 Å². The second-order valence-corrected chi connectivity index (χ2v) is 22.7. The van der Waals surface area contributed by atoms with Crippen LogP contribution in [0, 0.1) is 0 Å². The van der Waals surface area contributed by atoms with E-state index in [2.05, 4.69) is 0 Å². The summed E-state index contributed by atoms with van der Waals surface area (Å²) < 4.78 is 56.4. The molecule has 2 spiro atoms. The quantitative estimate of drug-likeness (QED) is 0.0843. The number of rotatable bonds is 6. The summed E-state index contributed by atoms with van der Waals surface area (Å²) in [7, 11) is 0. The van der Waals surface area contributed by atoms with Crippen LogP contribution < -0.4 is 37.9 Å². The van der Waals surface area contributed by atoms with Gasteiger partial charge in [-0.2, -0.15) is 0 Å². The van der Waals surface area contributed by atoms with Crippen molar-refractivity contribution in [3.05, 3.63) is 153 Å². The zero-order chi connectivity index (χ0) is 60.3. The molecule has 0 saturated heterocycles. The molecule has 8 aromatic rings. The van der Waals surface area contributed by atoms with E-state index in [0.29, 0.717) is 11.1 Å². The summed E-state index contributed by atoms with van der Waals surface area (Å²) in [6.45, 7) is 8.59. The van der Waals surface area contributed by atoms with Crippen molar-refractivity contribution in [2.75, 3.05) is 0 Å². The highest BCUT2D eigenvalue weighted by molar-refractivity contribution is 6.08. The number of ketones is 4. The van der Waals surface area contributed by atoms with Crippen LogP contribution in [0.15, 0.2) is 97.1 Å². The molecule has 8 aromatic carbocycles. The molecule has 0 fully saturated rings. The number of carboxylic acid groups (broad SMARTS) is 2. The number of Topliss-reactive ketones (excluding diaryl/α,β-unsaturated/α-hetero) is 4. The van der Waals surface area contributed by atoms with Gasteiger partial charge in [-0.05, 0) is 139 Å². The molecule has 86 heavy (non-hydrogen) atoms. The standard InChI is InChI=1S/C66H44O20/c1-25(67)29-9-15-39-49(57(29)73)45-35(71)13-7-33(61(75)76)53(45)65(83-39)23-63(5)55-43(85-65)21-19-37-47(55)51-41(81-63)17-11-31(27(3)69)59(51)80-60-32(28(4)70)12-18-42-52(60)48-38(79-37)20-22-44-56(48)64(6,82-42)24-66(86-44)54-34(62(77)78)8-14-36(72)46(54)50-40(84-66)16-10-30(26(2)68)58(50)74/h7-22,71-74H,23-24H2,1-6H3,(H,75,76)(H,77,78). The largest absolute Gasteiger partial charge is 0.507 e. The van der Waals surface area contributed by atoms with Crippen LogP contribution in [0.25, 0.3) is 44.5 Å². The van der Waals surface area contributed by atoms with Crippen molar-refractivity contribution in [1.29, 1.82) is 0 Å². The number of carbonyl (C=O) groups excluding carboxylic acids is 4. The predicted octanol–water partition coefficient (Wildman–Crippen LogP) is 12.6. The highest BCUT2D eigenvalue weighted by Gasteiger charge is 2.62. The fourth-order valence-electron chi connectivity index (χ4n) is 14.0. The molecule has 15 rings (SSSR count). The first-order valence-electron chi connectivity index (χ1n) is 27.0. The number of hydrogen-bond acceptors (Lipinski definition) is 18. The van der Waals surface area contributed by atoms with Crippen molar-refractivity contribution in [3.63, 3.8) is 0 Å². The minimum absolute atomic E-state index is 0.0438. The third kappa shape index (κ3) is 6.62. The zero-order valence-electron chi connectivity index (χ0n) is 46.1. The normalized spacial score (nSPS) is 20.9. The first kappa shape index (κ1) is 51.8. The van der Waals surface area contributed by atoms with Crippen LogP contribution in [-0.4, -0.2) is 65.7 Å². The second-order valence-electron chi connectivity index (χ2n) is 22.7. The van der Waals surface area contributed by atoms with Crippen LogP contribution in [0.5, 0.6) is 80.5 Å². The fourth-order valence-corrected chi connectivity index (χ4v) is 14.0. The number of aromatic hydroxyl groups is 4. The average Bonchev–Trinajstić information content (AvgIpc) is 0.695. The summed E-state index contributed by atoms with van der Waals surface area (Å²) in [6, 6.07) is 22.6. The lowest BCUT2D eigenvalue weighted by atomic mass is 9.73. The van der Waals surface area contributed by atoms with Gasteiger partial charge in [0.25, 0.3) is 11.6 Å². The fraction of sp³-hybridized carbons (Fsp3) is 0.182. The summed E-state index contributed by atoms with van der Waals surface area (Å²) in [5.74, 6) is -10.9. The van der Waals surface area contributed by atoms with E-state index in [0.717, 1.165) is 12.1 Å². The minimum atomic E-state index is -2.16. The van der Waals surface area contributed by atoms with Gasteiger partial charge in [0.2, 0.25) is 0 Å². The van der Waals surface area contributed by atoms with Gasteiger partial charge in [0.05, 0.1) is 79.6 Å². The lowest BCUT2D eigenvalue weighted by Gasteiger charge is -2.51. The number of carbonyl (C=O) groups is 6. The van der Waals surface area contributed by atoms with Crippen LogP contribution in [0.4, 0.5) is 0 Å². The second kappa shape index (κ2) is 16.8. The van der Waals surface area contributed by atoms with Gasteiger partial charge < -0.3 is 68.5 Å². The third-order valence-corrected chi connectivity index (χ3v) is 17.3. The SMILES string of the molecule is CC(=O)c1ccc2c(c1O)-c1c(O)ccc(C(=O)O)c1C1(CC3(C)Oc4ccc(C(C)=O)c5c4-c4c(ccc(c43)O1)Oc1ccc3c4c1-c1c(ccc(C(C)=O)c1O5)OC4(C)CC1(Oc4ccc(C(C)=O)c(O)c4-c4c(O)ccc(C(=O)O)c41)O3)O2. The molecule has 0 bridgehead atoms. The molecule has 0 saturated carbocycles. The lowest BCUT2D eigenvalue weighted by molar-refractivity contribution is -0.181. The molecule has 20 heteroatoms. The first-order valence-corrected chi connectivity index (χ1v) is 27.0. The summed E-state index contributed by atoms with van der Waals surface area (Å²) in [5, 5.41) is 68.6. The molecule has 20 nitrogen and oxygen atoms in total. The minimum Gasteiger partial charge on any atom is -0.507 e. The number of fused-ring (bicyclic) bond motifs is 8. The van der Waals surface area contributed by atoms with Crippen molar-refractivity contribution in [2.24, 2.45) is 0 Å². The van der Waals surface area contributed by atoms with Gasteiger partial charge in [-0.1, -0.05) is 0 Å². The van der Waals surface area contributed by atoms with E-state index in [9.17, 15) is 59.4 Å². The molecule has 0 aliphatic carbocycles. The van der Waals surface area contributed by atoms with Crippen LogP contribution >= 0.6 is 0 Å². The summed E-state index contributed by atoms with van der Waals surface area (Å²) in [6.07, 6.45) is -0.736. The molecular formula is C66H44O20. The Balaban J connectivity index is 0.977. The summed E-state index contributed by atoms with van der Waals surface area (Å²) >= 11 is 0. The number of phenols is 4. The van der Waals surface area contributed by atoms with Crippen molar-refractivity contribution < 1.29 is 97.3 Å². The zero-order valence-corrected chi connectivity index (χ0v) is 46.1. The van der Waals surface area contributed by atoms with Gasteiger partial charge in [0, 0.05) is 33.4 Å². The number of aromatic carboxylic acids is 2. The van der Waals surface area contributed by atoms with Gasteiger partial charge in [0.1, 0.15) is 91.7 Å². The Labute approximate surface area is 485 Å². The molecule has 4 unspecified atom stereocenters. The Morgan fingerprint density at radius 1 is 0.337 bits per heavy atom. The number of phenolic OH excluding ortho intramolecular Hbond substituents is 4. The van der Waals surface area contributed by atoms with Gasteiger partial charge in [-0.15, -0.1) is 0 Å². The van der Waals surface area contributed by atoms with E-state index < -0.39 is 80.8 Å². The molecule has 7 heterocycles. The molecule has 0 amide bonds. The van der Waals surface area contributed by atoms with Crippen LogP contribution in [-0.2, 0) is 22.8 Å². The first-order chi connectivity index (χ1) is 40.9. The number of carboxylic acids is 2. The number of ether oxygens (including phenoxy) is 8. The van der Waals surface area contributed by atoms with Crippen molar-refractivity contribution in [1.82, 2.24) is 0 Å². The number of hydrogen-bond donors (Lipinski definition) is 6. The van der Waals surface area contributed by atoms with Gasteiger partial charge in [-0.25, -0.2) is 9.59 Å². The molecule has 7 aliphatic rings. The van der Waals surface area contributed by atoms with Crippen LogP contribution in [0.1, 0.15) is 139 Å². The van der Waals surface area contributed by atoms with Gasteiger partial charge in [0.15, 0.2) is 23.1 Å². The maximum absolute atomic E-state index is 14.1. The van der Waals surface area contributed by atoms with Gasteiger partial charge in [-0.3, -0.25) is 19.2 Å². The van der Waals surface area contributed by atoms with Crippen molar-refractivity contribution >= 4 is 35.1 Å². The lowest BCUT2D eigenvalue weighted by Crippen LogP contribution is -2.53. The smallest absolute Gasteiger partial charge is 0.336 e. The highest BCUT2D eigenvalue weighted by Crippen LogP contribution is 2.69. The summed E-state index contributed by atoms with van der Waals surface area (Å²) in [4.78, 5) is 80.4. The van der Waals surface area contributed by atoms with Crippen LogP contribution in [0.3, 0.4) is 0 Å². The maximum atomic E-state index is 14.1. The third-order valence-electron chi connectivity index (χ3n) is 17.3. The highest BCUT2D eigenvalue weighted by atomic mass is 16.7. The monoisotopic (exact) mass is 1160 g/mol. The molecule has 4 atom stereocenters. The van der Waals surface area contributed by atoms with Gasteiger partial charge >= 0.3 is 11.9 Å². The Bertz CT molecular complexity index is 4380. The Kier molecular flexibility index (Phi) is 10.1. The Morgan fingerprint density at radius 2 is 0.651 bits per heavy atom. The van der Waals surface area contributed by atoms with E-state index >= 15 is 0 Å². The molecule has 428 valence electrons. The predicted molar refractivity (Wildman–Crippen MR) is 299 cm³/mol. The maximum Gasteiger partial charge on any atom is 0.336 e. The van der Waals surface area contributed by atoms with Crippen molar-refractivity contribution in [2.45, 2.75) is 77.2 Å². The molecular weight excluding hydrogens is 1110 g/mol. The van der Waals surface area contributed by atoms with E-state index in [4.69, 9.17) is 37.9 Å². The van der Waals surface area contributed by atoms with E-state index in [1.54, 1.807) is 50.2 Å². The Morgan fingerprint density at radius 3 is 1.01 bits per heavy atom. The Hall–Kier alpha value is -11.0. The molecule has 6 N–H and O–H groups in total. The summed E-state index contributed by atoms with van der Waals surface area (Å²) in [5.41, 5.74) is -3.63. The van der Waals surface area contributed by atoms with Crippen LogP contribution in [0.2, 0.25) is 0 Å². The molecule has 7 aliphatic heterocycles. The van der Waals surface area contributed by atoms with E-state index in [1.165, 1.54) is 76.2 Å². The van der Waals surface area contributed by atoms with Crippen molar-refractivity contribution in [3.8, 4) is 125 Å². The topological polar surface area (TPSA) is 298 Å². The molecule has 0 radical (unpaired) electrons. The average molecular weight is 1160 g/mol. The molecule has 0 aromatic heterocycles. The number of benzene rings is 8.